The molecular weight excluding hydrogens is 252 g/mol. The number of nitrogens with one attached hydrogen (secondary N) is 2. The molecule has 0 unspecified atom stereocenters. The van der Waals surface area contributed by atoms with Crippen LogP contribution in [0.4, 0.5) is 5.69 Å². The van der Waals surface area contributed by atoms with Crippen molar-refractivity contribution in [2.24, 2.45) is 0 Å². The zero-order chi connectivity index (χ0) is 13.1. The molecular formula is C16H18N2S. The maximum absolute atomic E-state index is 5.37. The number of benzene rings is 2. The highest BCUT2D eigenvalue weighted by molar-refractivity contribution is 7.80. The van der Waals surface area contributed by atoms with Crippen LogP contribution in [0.25, 0.3) is 10.8 Å². The maximum Gasteiger partial charge on any atom is 0.170 e. The van der Waals surface area contributed by atoms with Crippen LogP contribution in [0.5, 0.6) is 0 Å². The number of thiocarbonyl (C=S) groups is 1. The highest BCUT2D eigenvalue weighted by Crippen LogP contribution is 2.20. The number of anilines is 1. The van der Waals surface area contributed by atoms with Crippen LogP contribution in [0.3, 0.4) is 0 Å². The summed E-state index contributed by atoms with van der Waals surface area (Å²) in [4.78, 5) is 0. The van der Waals surface area contributed by atoms with Crippen molar-refractivity contribution < 1.29 is 0 Å². The van der Waals surface area contributed by atoms with E-state index >= 15 is 0 Å². The van der Waals surface area contributed by atoms with E-state index in [0.717, 1.165) is 10.8 Å². The first kappa shape index (κ1) is 12.4. The van der Waals surface area contributed by atoms with Gasteiger partial charge in [-0.3, -0.25) is 0 Å². The molecule has 0 atom stereocenters. The molecule has 3 rings (SSSR count). The van der Waals surface area contributed by atoms with E-state index in [1.54, 1.807) is 0 Å². The molecule has 0 aromatic heterocycles. The van der Waals surface area contributed by atoms with Gasteiger partial charge >= 0.3 is 0 Å². The van der Waals surface area contributed by atoms with E-state index in [0.29, 0.717) is 6.04 Å². The Bertz CT molecular complexity index is 588. The second-order valence-corrected chi connectivity index (χ2v) is 5.55. The van der Waals surface area contributed by atoms with Gasteiger partial charge in [-0.25, -0.2) is 0 Å². The van der Waals surface area contributed by atoms with E-state index in [-0.39, 0.29) is 0 Å². The molecule has 0 radical (unpaired) electrons. The lowest BCUT2D eigenvalue weighted by Gasteiger charge is -2.16. The smallest absolute Gasteiger partial charge is 0.170 e. The molecule has 1 aliphatic rings. The normalized spacial score (nSPS) is 15.6. The Morgan fingerprint density at radius 1 is 1.00 bits per heavy atom. The summed E-state index contributed by atoms with van der Waals surface area (Å²) < 4.78 is 0. The SMILES string of the molecule is S=C(Nc1ccc2ccccc2c1)NC1CCCC1. The average Bonchev–Trinajstić information content (AvgIpc) is 2.91. The van der Waals surface area contributed by atoms with E-state index in [1.165, 1.54) is 36.5 Å². The van der Waals surface area contributed by atoms with Gasteiger partial charge in [-0.05, 0) is 48.0 Å². The first-order chi connectivity index (χ1) is 9.31. The van der Waals surface area contributed by atoms with E-state index < -0.39 is 0 Å². The van der Waals surface area contributed by atoms with Crippen molar-refractivity contribution in [1.82, 2.24) is 5.32 Å². The van der Waals surface area contributed by atoms with Crippen LogP contribution in [0.1, 0.15) is 25.7 Å². The fourth-order valence-corrected chi connectivity index (χ4v) is 2.97. The van der Waals surface area contributed by atoms with Gasteiger partial charge in [0.25, 0.3) is 0 Å². The molecule has 1 aliphatic carbocycles. The van der Waals surface area contributed by atoms with Crippen molar-refractivity contribution in [3.63, 3.8) is 0 Å². The summed E-state index contributed by atoms with van der Waals surface area (Å²) in [5.41, 5.74) is 1.05. The van der Waals surface area contributed by atoms with Crippen molar-refractivity contribution in [1.29, 1.82) is 0 Å². The zero-order valence-corrected chi connectivity index (χ0v) is 11.7. The zero-order valence-electron chi connectivity index (χ0n) is 10.9. The van der Waals surface area contributed by atoms with Gasteiger partial charge in [-0.1, -0.05) is 43.2 Å². The molecule has 1 fully saturated rings. The third-order valence-electron chi connectivity index (χ3n) is 3.70. The van der Waals surface area contributed by atoms with Gasteiger partial charge in [0.1, 0.15) is 0 Å². The standard InChI is InChI=1S/C16H18N2S/c19-16(17-14-7-3-4-8-14)18-15-10-9-12-5-1-2-6-13(12)11-15/h1-2,5-6,9-11,14H,3-4,7-8H2,(H2,17,18,19). The summed E-state index contributed by atoms with van der Waals surface area (Å²) in [6.45, 7) is 0. The first-order valence-electron chi connectivity index (χ1n) is 6.87. The van der Waals surface area contributed by atoms with Gasteiger partial charge in [-0.2, -0.15) is 0 Å². The lowest BCUT2D eigenvalue weighted by Crippen LogP contribution is -2.35. The molecule has 0 spiro atoms. The van der Waals surface area contributed by atoms with E-state index in [4.69, 9.17) is 12.2 Å². The lowest BCUT2D eigenvalue weighted by molar-refractivity contribution is 0.634. The topological polar surface area (TPSA) is 24.1 Å². The minimum Gasteiger partial charge on any atom is -0.360 e. The van der Waals surface area contributed by atoms with Crippen molar-refractivity contribution in [2.45, 2.75) is 31.7 Å². The molecule has 19 heavy (non-hydrogen) atoms. The highest BCUT2D eigenvalue weighted by Gasteiger charge is 2.15. The molecule has 3 heteroatoms. The maximum atomic E-state index is 5.37. The minimum atomic E-state index is 0.556. The molecule has 2 N–H and O–H groups in total. The molecule has 0 saturated heterocycles. The fraction of sp³-hybridized carbons (Fsp3) is 0.312. The summed E-state index contributed by atoms with van der Waals surface area (Å²) in [6, 6.07) is 15.2. The molecule has 2 aromatic carbocycles. The number of fused-ring (bicyclic) bond motifs is 1. The Morgan fingerprint density at radius 3 is 2.53 bits per heavy atom. The molecule has 0 bridgehead atoms. The Balaban J connectivity index is 1.68. The van der Waals surface area contributed by atoms with Crippen molar-refractivity contribution >= 4 is 33.8 Å². The first-order valence-corrected chi connectivity index (χ1v) is 7.28. The summed E-state index contributed by atoms with van der Waals surface area (Å²) in [5, 5.41) is 9.90. The van der Waals surface area contributed by atoms with Crippen molar-refractivity contribution in [3.05, 3.63) is 42.5 Å². The van der Waals surface area contributed by atoms with Gasteiger partial charge < -0.3 is 10.6 Å². The molecule has 98 valence electrons. The number of hydrogen-bond donors (Lipinski definition) is 2. The lowest BCUT2D eigenvalue weighted by atomic mass is 10.1. The quantitative estimate of drug-likeness (QED) is 0.804. The van der Waals surface area contributed by atoms with Gasteiger partial charge in [0.05, 0.1) is 0 Å². The number of hydrogen-bond acceptors (Lipinski definition) is 1. The van der Waals surface area contributed by atoms with E-state index in [2.05, 4.69) is 53.1 Å². The predicted octanol–water partition coefficient (Wildman–Crippen LogP) is 4.07. The van der Waals surface area contributed by atoms with Crippen molar-refractivity contribution in [3.8, 4) is 0 Å². The van der Waals surface area contributed by atoms with Gasteiger partial charge in [0.15, 0.2) is 5.11 Å². The molecule has 0 amide bonds. The van der Waals surface area contributed by atoms with Crippen LogP contribution in [-0.4, -0.2) is 11.2 Å². The molecule has 0 heterocycles. The van der Waals surface area contributed by atoms with Gasteiger partial charge in [0.2, 0.25) is 0 Å². The second-order valence-electron chi connectivity index (χ2n) is 5.14. The Kier molecular flexibility index (Phi) is 3.65. The fourth-order valence-electron chi connectivity index (χ4n) is 2.69. The Labute approximate surface area is 119 Å². The van der Waals surface area contributed by atoms with E-state index in [1.807, 2.05) is 0 Å². The Hall–Kier alpha value is -1.61. The summed E-state index contributed by atoms with van der Waals surface area (Å²) in [6.07, 6.45) is 5.10. The van der Waals surface area contributed by atoms with Gasteiger partial charge in [0, 0.05) is 11.7 Å². The highest BCUT2D eigenvalue weighted by atomic mass is 32.1. The van der Waals surface area contributed by atoms with Crippen LogP contribution in [-0.2, 0) is 0 Å². The average molecular weight is 270 g/mol. The van der Waals surface area contributed by atoms with Crippen LogP contribution >= 0.6 is 12.2 Å². The monoisotopic (exact) mass is 270 g/mol. The summed E-state index contributed by atoms with van der Waals surface area (Å²) in [7, 11) is 0. The molecule has 0 aliphatic heterocycles. The van der Waals surface area contributed by atoms with E-state index in [9.17, 15) is 0 Å². The van der Waals surface area contributed by atoms with Crippen LogP contribution < -0.4 is 10.6 Å². The Morgan fingerprint density at radius 2 is 1.74 bits per heavy atom. The summed E-state index contributed by atoms with van der Waals surface area (Å²) >= 11 is 5.37. The third-order valence-corrected chi connectivity index (χ3v) is 3.92. The number of rotatable bonds is 2. The second kappa shape index (κ2) is 5.57. The molecule has 2 nitrogen and oxygen atoms in total. The van der Waals surface area contributed by atoms with Crippen molar-refractivity contribution in [2.75, 3.05) is 5.32 Å². The van der Waals surface area contributed by atoms with Crippen LogP contribution in [0, 0.1) is 0 Å². The van der Waals surface area contributed by atoms with Crippen LogP contribution in [0.15, 0.2) is 42.5 Å². The third kappa shape index (κ3) is 3.04. The predicted molar refractivity (Wildman–Crippen MR) is 85.6 cm³/mol. The largest absolute Gasteiger partial charge is 0.360 e. The summed E-state index contributed by atoms with van der Waals surface area (Å²) in [5.74, 6) is 0. The molecule has 1 saturated carbocycles. The van der Waals surface area contributed by atoms with Gasteiger partial charge in [-0.15, -0.1) is 0 Å². The van der Waals surface area contributed by atoms with Crippen LogP contribution in [0.2, 0.25) is 0 Å². The molecule has 2 aromatic rings. The minimum absolute atomic E-state index is 0.556.